The van der Waals surface area contributed by atoms with Gasteiger partial charge >= 0.3 is 5.97 Å². The zero-order valence-corrected chi connectivity index (χ0v) is 21.0. The van der Waals surface area contributed by atoms with Gasteiger partial charge in [-0.25, -0.2) is 9.78 Å². The summed E-state index contributed by atoms with van der Waals surface area (Å²) >= 11 is 3.47. The zero-order valence-electron chi connectivity index (χ0n) is 19.4. The molecule has 1 aromatic rings. The smallest absolute Gasteiger partial charge is 0.303 e. The predicted molar refractivity (Wildman–Crippen MR) is 122 cm³/mol. The lowest BCUT2D eigenvalue weighted by molar-refractivity contribution is -0.578. The Bertz CT molecular complexity index is 878. The molecule has 8 heteroatoms. The van der Waals surface area contributed by atoms with E-state index in [1.54, 1.807) is 0 Å². The van der Waals surface area contributed by atoms with Crippen LogP contribution in [0.1, 0.15) is 71.0 Å². The number of hydrogen-bond acceptors (Lipinski definition) is 6. The molecule has 7 nitrogen and oxygen atoms in total. The van der Waals surface area contributed by atoms with Crippen LogP contribution in [0, 0.1) is 23.7 Å². The van der Waals surface area contributed by atoms with E-state index in [2.05, 4.69) is 29.8 Å². The molecule has 1 N–H and O–H groups in total. The molecule has 4 heterocycles. The second-order valence-electron chi connectivity index (χ2n) is 10.4. The van der Waals surface area contributed by atoms with Crippen molar-refractivity contribution in [1.29, 1.82) is 0 Å². The van der Waals surface area contributed by atoms with Gasteiger partial charge in [0.05, 0.1) is 6.10 Å². The number of ether oxygens (including phenoxy) is 3. The summed E-state index contributed by atoms with van der Waals surface area (Å²) in [4.78, 5) is 23.4. The van der Waals surface area contributed by atoms with Crippen molar-refractivity contribution in [3.63, 3.8) is 0 Å². The summed E-state index contributed by atoms with van der Waals surface area (Å²) < 4.78 is 20.5. The van der Waals surface area contributed by atoms with Crippen LogP contribution in [0.3, 0.4) is 0 Å². The lowest BCUT2D eigenvalue weighted by Crippen LogP contribution is -2.70. The molecule has 0 radical (unpaired) electrons. The fraction of sp³-hybridized carbons (Fsp3) is 0.720. The van der Waals surface area contributed by atoms with Gasteiger partial charge in [0.15, 0.2) is 18.2 Å². The molecule has 6 rings (SSSR count). The fourth-order valence-corrected chi connectivity index (χ4v) is 6.70. The van der Waals surface area contributed by atoms with Crippen LogP contribution in [0.25, 0.3) is 0 Å². The number of benzene rings is 1. The first-order valence-electron chi connectivity index (χ1n) is 12.0. The summed E-state index contributed by atoms with van der Waals surface area (Å²) in [6, 6.07) is 7.82. The quantitative estimate of drug-likeness (QED) is 0.486. The number of carboxylic acid groups (broad SMARTS) is 1. The van der Waals surface area contributed by atoms with Gasteiger partial charge < -0.3 is 19.3 Å². The molecule has 0 unspecified atom stereocenters. The van der Waals surface area contributed by atoms with Crippen LogP contribution in [0.5, 0.6) is 0 Å². The third kappa shape index (κ3) is 4.17. The summed E-state index contributed by atoms with van der Waals surface area (Å²) in [5.74, 6) is -0.691. The van der Waals surface area contributed by atoms with Gasteiger partial charge in [-0.15, -0.1) is 0 Å². The highest BCUT2D eigenvalue weighted by molar-refractivity contribution is 9.10. The molecular weight excluding hydrogens is 492 g/mol. The van der Waals surface area contributed by atoms with Crippen LogP contribution in [0.2, 0.25) is 0 Å². The maximum Gasteiger partial charge on any atom is 0.303 e. The van der Waals surface area contributed by atoms with Gasteiger partial charge in [-0.05, 0) is 62.1 Å². The molecule has 1 aliphatic carbocycles. The van der Waals surface area contributed by atoms with E-state index in [1.165, 1.54) is 0 Å². The number of halogens is 1. The third-order valence-electron chi connectivity index (χ3n) is 8.26. The van der Waals surface area contributed by atoms with Crippen molar-refractivity contribution in [2.45, 2.75) is 89.4 Å². The summed E-state index contributed by atoms with van der Waals surface area (Å²) in [6.07, 6.45) is 2.71. The van der Waals surface area contributed by atoms with Crippen LogP contribution in [0.15, 0.2) is 28.7 Å². The number of aliphatic carboxylic acids is 1. The Morgan fingerprint density at radius 2 is 1.94 bits per heavy atom. The van der Waals surface area contributed by atoms with Crippen molar-refractivity contribution in [3.8, 4) is 0 Å². The van der Waals surface area contributed by atoms with E-state index < -0.39 is 36.0 Å². The topological polar surface area (TPSA) is 83.5 Å². The highest BCUT2D eigenvalue weighted by Gasteiger charge is 2.69. The van der Waals surface area contributed by atoms with Gasteiger partial charge in [0, 0.05) is 29.2 Å². The van der Waals surface area contributed by atoms with E-state index >= 15 is 0 Å². The maximum atomic E-state index is 11.3. The monoisotopic (exact) mass is 524 g/mol. The van der Waals surface area contributed by atoms with Crippen LogP contribution in [0.4, 0.5) is 0 Å². The fourth-order valence-electron chi connectivity index (χ4n) is 6.43. The molecule has 1 aromatic carbocycles. The number of hydrogen-bond donors (Lipinski definition) is 1. The number of fused-ring (bicyclic) bond motifs is 2. The van der Waals surface area contributed by atoms with Crippen molar-refractivity contribution < 1.29 is 33.9 Å². The van der Waals surface area contributed by atoms with E-state index in [-0.39, 0.29) is 18.3 Å². The number of carboxylic acids is 1. The molecule has 9 atom stereocenters. The molecule has 1 saturated carbocycles. The SMILES string of the molecule is C[C@H]1[C@@H](O[C@H](CCC(=O)O)c2ccc(Br)cc2)O[C@@H]2O[C@]3(C)CC[C@H]4[C@H](C)CC[C@@H]1[C@@]24OO3. The predicted octanol–water partition coefficient (Wildman–Crippen LogP) is 5.58. The molecular formula is C25H33BrO7. The third-order valence-corrected chi connectivity index (χ3v) is 8.79. The average Bonchev–Trinajstić information content (AvgIpc) is 3.01. The van der Waals surface area contributed by atoms with Crippen molar-refractivity contribution >= 4 is 21.9 Å². The first-order valence-corrected chi connectivity index (χ1v) is 12.8. The van der Waals surface area contributed by atoms with Crippen LogP contribution < -0.4 is 0 Å². The molecule has 4 aliphatic heterocycles. The van der Waals surface area contributed by atoms with Gasteiger partial charge in [-0.2, -0.15) is 0 Å². The summed E-state index contributed by atoms with van der Waals surface area (Å²) in [6.45, 7) is 6.34. The Balaban J connectivity index is 1.43. The second kappa shape index (κ2) is 8.88. The number of rotatable bonds is 6. The van der Waals surface area contributed by atoms with E-state index in [1.807, 2.05) is 31.2 Å². The first-order chi connectivity index (χ1) is 15.7. The van der Waals surface area contributed by atoms with Gasteiger partial charge in [-0.1, -0.05) is 41.9 Å². The van der Waals surface area contributed by atoms with Gasteiger partial charge in [0.1, 0.15) is 0 Å². The van der Waals surface area contributed by atoms with E-state index in [4.69, 9.17) is 24.0 Å². The van der Waals surface area contributed by atoms with Gasteiger partial charge in [-0.3, -0.25) is 4.79 Å². The minimum absolute atomic E-state index is 0.0176. The highest BCUT2D eigenvalue weighted by Crippen LogP contribution is 2.60. The minimum Gasteiger partial charge on any atom is -0.481 e. The number of carbonyl (C=O) groups is 1. The summed E-state index contributed by atoms with van der Waals surface area (Å²) in [7, 11) is 0. The molecule has 1 spiro atoms. The van der Waals surface area contributed by atoms with Crippen molar-refractivity contribution in [1.82, 2.24) is 0 Å². The average molecular weight is 525 g/mol. The van der Waals surface area contributed by atoms with Crippen LogP contribution >= 0.6 is 15.9 Å². The highest BCUT2D eigenvalue weighted by atomic mass is 79.9. The molecule has 5 aliphatic rings. The molecule has 0 amide bonds. The normalized spacial score (nSPS) is 42.9. The van der Waals surface area contributed by atoms with Crippen molar-refractivity contribution in [2.24, 2.45) is 23.7 Å². The van der Waals surface area contributed by atoms with Gasteiger partial charge in [0.25, 0.3) is 0 Å². The van der Waals surface area contributed by atoms with E-state index in [0.29, 0.717) is 18.3 Å². The first kappa shape index (κ1) is 23.7. The molecule has 4 saturated heterocycles. The Morgan fingerprint density at radius 1 is 1.18 bits per heavy atom. The summed E-state index contributed by atoms with van der Waals surface area (Å²) in [5, 5.41) is 9.29. The molecule has 5 fully saturated rings. The van der Waals surface area contributed by atoms with Crippen molar-refractivity contribution in [3.05, 3.63) is 34.3 Å². The van der Waals surface area contributed by atoms with Crippen molar-refractivity contribution in [2.75, 3.05) is 0 Å². The van der Waals surface area contributed by atoms with E-state index in [0.717, 1.165) is 35.7 Å². The molecule has 33 heavy (non-hydrogen) atoms. The zero-order chi connectivity index (χ0) is 23.4. The Hall–Kier alpha value is -1.03. The van der Waals surface area contributed by atoms with E-state index in [9.17, 15) is 9.90 Å². The minimum atomic E-state index is -0.843. The lowest BCUT2D eigenvalue weighted by atomic mass is 9.58. The largest absolute Gasteiger partial charge is 0.481 e. The maximum absolute atomic E-state index is 11.3. The standard InChI is InChI=1S/C25H33BrO7/c1-14-4-9-19-15(2)22(29-20(10-11-21(27)28)16-5-7-17(26)8-6-16)30-23-25(19)18(14)12-13-24(3,31-23)32-33-25/h5-8,14-15,18-20,22-23H,4,9-13H2,1-3H3,(H,27,28)/t14-,15-,18+,19+,20-,22+,23-,24+,25-/m1/s1. The lowest BCUT2D eigenvalue weighted by Gasteiger charge is -2.60. The molecule has 2 bridgehead atoms. The Labute approximate surface area is 203 Å². The molecule has 182 valence electrons. The van der Waals surface area contributed by atoms with Gasteiger partial charge in [0.2, 0.25) is 5.79 Å². The Morgan fingerprint density at radius 3 is 2.67 bits per heavy atom. The second-order valence-corrected chi connectivity index (χ2v) is 11.3. The van der Waals surface area contributed by atoms with Crippen LogP contribution in [-0.4, -0.2) is 35.0 Å². The molecule has 0 aromatic heterocycles. The summed E-state index contributed by atoms with van der Waals surface area (Å²) in [5.41, 5.74) is 0.293. The van der Waals surface area contributed by atoms with Crippen LogP contribution in [-0.2, 0) is 28.8 Å². The Kier molecular flexibility index (Phi) is 6.38.